The van der Waals surface area contributed by atoms with E-state index >= 15 is 0 Å². The van der Waals surface area contributed by atoms with Gasteiger partial charge < -0.3 is 35.0 Å². The molecule has 1 fully saturated rings. The Bertz CT molecular complexity index is 3040. The van der Waals surface area contributed by atoms with Gasteiger partial charge in [0.1, 0.15) is 5.60 Å². The van der Waals surface area contributed by atoms with Gasteiger partial charge in [-0.3, -0.25) is 0 Å². The highest BCUT2D eigenvalue weighted by molar-refractivity contribution is 8.79. The molecule has 2 aromatic rings. The molecule has 0 atom stereocenters. The molecule has 0 saturated carbocycles. The summed E-state index contributed by atoms with van der Waals surface area (Å²) >= 11 is 13.2. The summed E-state index contributed by atoms with van der Waals surface area (Å²) < 4.78 is 5.42. The highest BCUT2D eigenvalue weighted by Crippen LogP contribution is 2.29. The van der Waals surface area contributed by atoms with E-state index in [1.807, 2.05) is 138 Å². The maximum absolute atomic E-state index is 13.0. The van der Waals surface area contributed by atoms with Crippen LogP contribution in [-0.2, 0) is 267 Å². The number of urea groups is 1. The smallest absolute Gasteiger partial charge is 0.410 e. The molecule has 3 amide bonds. The van der Waals surface area contributed by atoms with Crippen molar-refractivity contribution in [3.63, 3.8) is 0 Å². The number of nitrogens with zero attached hydrogens (tertiary/aromatic N) is 3. The average molecular weight is 1440 g/mol. The van der Waals surface area contributed by atoms with E-state index in [9.17, 15) is 14.7 Å². The summed E-state index contributed by atoms with van der Waals surface area (Å²) in [7, 11) is 41.8. The number of carbonyl (C=O) groups is 2. The Morgan fingerprint density at radius 1 is 0.582 bits per heavy atom. The van der Waals surface area contributed by atoms with Crippen molar-refractivity contribution < 1.29 is 24.5 Å². The summed E-state index contributed by atoms with van der Waals surface area (Å²) in [6.45, 7) is 10.9. The summed E-state index contributed by atoms with van der Waals surface area (Å²) in [5.74, 6) is 1.97. The van der Waals surface area contributed by atoms with Gasteiger partial charge in [-0.2, -0.15) is 0 Å². The van der Waals surface area contributed by atoms with Crippen molar-refractivity contribution in [1.29, 1.82) is 0 Å². The molecule has 0 radical (unpaired) electrons. The highest BCUT2D eigenvalue weighted by atomic mass is 33.5. The number of aliphatic hydroxyl groups excluding tert-OH is 2. The van der Waals surface area contributed by atoms with E-state index in [1.165, 1.54) is 33.1 Å². The second-order valence-electron chi connectivity index (χ2n) is 12.9. The van der Waals surface area contributed by atoms with Crippen LogP contribution in [0.2, 0.25) is 0 Å². The lowest BCUT2D eigenvalue weighted by Gasteiger charge is -2.37. The molecule has 3 heterocycles. The van der Waals surface area contributed by atoms with E-state index < -0.39 is 5.60 Å². The first kappa shape index (κ1) is 64.6. The molecule has 2 aromatic carbocycles. The van der Waals surface area contributed by atoms with E-state index in [2.05, 4.69) is 17.4 Å². The van der Waals surface area contributed by atoms with Crippen LogP contribution in [0.5, 0.6) is 0 Å². The first-order valence-electron chi connectivity index (χ1n) is 18.3. The molecule has 67 heavy (non-hydrogen) atoms. The number of nitrogens with one attached hydrogen (secondary N) is 1. The predicted molar refractivity (Wildman–Crippen MR) is 355 cm³/mol. The molecule has 0 bridgehead atoms. The molecule has 3 N–H and O–H groups in total. The number of thioether (sulfide) groups is 2. The molecule has 0 unspecified atom stereocenters. The van der Waals surface area contributed by atoms with Crippen LogP contribution in [0.15, 0.2) is 46.2 Å². The third-order valence-electron chi connectivity index (χ3n) is 7.56. The first-order valence-corrected chi connectivity index (χ1v) is 53.6. The van der Waals surface area contributed by atoms with Crippen LogP contribution in [0.25, 0.3) is 0 Å². The van der Waals surface area contributed by atoms with Gasteiger partial charge in [0.2, 0.25) is 0 Å². The lowest BCUT2D eigenvalue weighted by molar-refractivity contribution is 0.0157. The van der Waals surface area contributed by atoms with Gasteiger partial charge in [0, 0.05) is 309 Å². The van der Waals surface area contributed by atoms with Gasteiger partial charge in [-0.05, 0) is 55.2 Å². The van der Waals surface area contributed by atoms with Crippen LogP contribution >= 0.6 is 23.5 Å². The maximum atomic E-state index is 13.0. The van der Waals surface area contributed by atoms with Gasteiger partial charge in [0.25, 0.3) is 0 Å². The molecule has 0 aromatic heterocycles. The second kappa shape index (κ2) is 41.4. The van der Waals surface area contributed by atoms with Gasteiger partial charge in [0.15, 0.2) is 0 Å². The molecule has 37 heteroatoms. The molecule has 9 nitrogen and oxygen atoms in total. The van der Waals surface area contributed by atoms with Crippen molar-refractivity contribution in [2.75, 3.05) is 50.8 Å². The number of benzene rings is 2. The Labute approximate surface area is 479 Å². The molecule has 0 spiro atoms. The minimum absolute atomic E-state index is 0.00147. The topological polar surface area (TPSA) is 106 Å². The van der Waals surface area contributed by atoms with Crippen LogP contribution in [0.4, 0.5) is 9.59 Å². The zero-order valence-electron chi connectivity index (χ0n) is 34.8. The average Bonchev–Trinajstić information content (AvgIpc) is 3.71. The fourth-order valence-electron chi connectivity index (χ4n) is 5.03. The Hall–Kier alpha value is 3.28. The van der Waals surface area contributed by atoms with Crippen LogP contribution in [0.3, 0.4) is 0 Å². The van der Waals surface area contributed by atoms with Gasteiger partial charge in [0.05, 0.1) is 13.2 Å². The standard InChI is InChI=1S/C20H29N3O4S.C10H13NOS.S26/c1-20(2,3)27-19(26)22-8-6-21(7-9-22)18(25)23-10-11-28-17-5-4-15(14-24)12-16(17)13-23;12-7-8-1-2-10-9(5-8)6-11-3-4-13-10;1-3-5-7-9-11-13-15-17-19-21-23-25-26-24-22-20-18-16-14-12-10-8-6-4-2/h4-5,12,24H,6-11,13-14H2,1-3H3;1-2,5,11-12H,3-4,6-7H2;. The molecule has 3 aliphatic rings. The maximum Gasteiger partial charge on any atom is 0.410 e. The zero-order chi connectivity index (χ0) is 48.4. The lowest BCUT2D eigenvalue weighted by atomic mass is 10.1. The Morgan fingerprint density at radius 3 is 1.42 bits per heavy atom. The minimum Gasteiger partial charge on any atom is -0.444 e. The van der Waals surface area contributed by atoms with E-state index in [-0.39, 0.29) is 25.3 Å². The van der Waals surface area contributed by atoms with E-state index in [0.717, 1.165) is 41.3 Å². The van der Waals surface area contributed by atoms with Gasteiger partial charge >= 0.3 is 12.1 Å². The van der Waals surface area contributed by atoms with Crippen molar-refractivity contribution in [1.82, 2.24) is 20.0 Å². The monoisotopic (exact) mass is 1430 g/mol. The van der Waals surface area contributed by atoms with Gasteiger partial charge in [-0.25, -0.2) is 9.59 Å². The Balaban J connectivity index is 0.000000283. The third kappa shape index (κ3) is 30.6. The molecule has 0 aliphatic carbocycles. The van der Waals surface area contributed by atoms with Crippen LogP contribution in [0, 0.1) is 0 Å². The number of aliphatic hydroxyl groups is 2. The number of piperazine rings is 1. The third-order valence-corrected chi connectivity index (χ3v) is 60.9. The number of fused-ring (bicyclic) bond motifs is 2. The number of hydrogen-bond donors (Lipinski definition) is 3. The predicted octanol–water partition coefficient (Wildman–Crippen LogP) is 4.07. The Morgan fingerprint density at radius 2 is 0.985 bits per heavy atom. The quantitative estimate of drug-likeness (QED) is 0.408. The van der Waals surface area contributed by atoms with Crippen molar-refractivity contribution in [3.8, 4) is 0 Å². The second-order valence-corrected chi connectivity index (χ2v) is 57.6. The van der Waals surface area contributed by atoms with Gasteiger partial charge in [-0.15, -0.1) is 23.5 Å². The van der Waals surface area contributed by atoms with Crippen molar-refractivity contribution in [2.45, 2.75) is 62.5 Å². The van der Waals surface area contributed by atoms with Crippen molar-refractivity contribution in [2.24, 2.45) is 0 Å². The molecular formula is C30H42N4O5S28. The summed E-state index contributed by atoms with van der Waals surface area (Å²) in [6.07, 6.45) is -0.323. The first-order chi connectivity index (χ1) is 32.6. The van der Waals surface area contributed by atoms with E-state index in [1.54, 1.807) is 141 Å². The Kier molecular flexibility index (Phi) is 39.9. The number of hydrogen-bond acceptors (Lipinski definition) is 10. The fourth-order valence-corrected chi connectivity index (χ4v) is 67.4. The molecule has 1 saturated heterocycles. The highest BCUT2D eigenvalue weighted by Gasteiger charge is 2.30. The molecular weight excluding hydrogens is 1390 g/mol. The van der Waals surface area contributed by atoms with Crippen LogP contribution in [0.1, 0.15) is 43.0 Å². The lowest BCUT2D eigenvalue weighted by Crippen LogP contribution is -2.54. The number of ether oxygens (including phenoxy) is 1. The molecule has 3 aliphatic heterocycles. The van der Waals surface area contributed by atoms with E-state index in [0.29, 0.717) is 39.3 Å². The summed E-state index contributed by atoms with van der Waals surface area (Å²) in [5, 5.41) is 21.7. The SMILES string of the molecule is CC(C)(C)OC(=O)N1CCN(C(=O)N2CCSc3ccc(CO)cc3C2)CC1.OCc1ccc2c(c1)CNCCS2.S=S=S=S=S=S=S=S=S=S=S=S=S=S=S=S=S=S=S=S=S=S=S=S=S=S. The largest absolute Gasteiger partial charge is 0.444 e. The fraction of sp³-hybridized carbons (Fsp3) is 0.533. The van der Waals surface area contributed by atoms with E-state index in [4.69, 9.17) is 32.2 Å². The number of amides is 3. The number of carbonyl (C=O) groups excluding carboxylic acids is 2. The summed E-state index contributed by atoms with van der Waals surface area (Å²) in [5.41, 5.74) is 3.74. The summed E-state index contributed by atoms with van der Waals surface area (Å²) in [6, 6.07) is 12.1. The molecule has 380 valence electrons. The normalized spacial score (nSPS) is 13.5. The summed E-state index contributed by atoms with van der Waals surface area (Å²) in [4.78, 5) is 33.1. The molecule has 5 rings (SSSR count). The zero-order valence-corrected chi connectivity index (χ0v) is 57.7. The minimum atomic E-state index is -0.519. The van der Waals surface area contributed by atoms with Crippen LogP contribution in [-0.4, -0.2) is 93.4 Å². The van der Waals surface area contributed by atoms with Gasteiger partial charge in [-0.1, -0.05) is 24.3 Å². The number of rotatable bonds is 2. The van der Waals surface area contributed by atoms with Crippen molar-refractivity contribution in [3.05, 3.63) is 58.7 Å². The van der Waals surface area contributed by atoms with Crippen molar-refractivity contribution >= 4 is 271 Å². The van der Waals surface area contributed by atoms with Crippen LogP contribution < -0.4 is 5.32 Å².